The third-order valence-corrected chi connectivity index (χ3v) is 22.3. The molecule has 0 radical (unpaired) electrons. The normalized spacial score (nSPS) is 15.8. The monoisotopic (exact) mass is 1680 g/mol. The Kier molecular flexibility index (Phi) is 57.2. The van der Waals surface area contributed by atoms with Crippen LogP contribution in [0.25, 0.3) is 0 Å². The van der Waals surface area contributed by atoms with Gasteiger partial charge in [-0.15, -0.1) is 0 Å². The van der Waals surface area contributed by atoms with Crippen LogP contribution in [0.4, 0.5) is 0 Å². The second-order valence-corrected chi connectivity index (χ2v) is 32.0. The number of aldehydes is 1. The first kappa shape index (κ1) is 104. The molecule has 3 unspecified atom stereocenters. The summed E-state index contributed by atoms with van der Waals surface area (Å²) >= 11 is 1.18. The van der Waals surface area contributed by atoms with Crippen molar-refractivity contribution >= 4 is 89.1 Å². The fourth-order valence-electron chi connectivity index (χ4n) is 14.4. The molecule has 3 heterocycles. The lowest BCUT2D eigenvalue weighted by atomic mass is 10.0. The van der Waals surface area contributed by atoms with Crippen LogP contribution in [0.5, 0.6) is 0 Å². The molecule has 2 aromatic rings. The van der Waals surface area contributed by atoms with Gasteiger partial charge < -0.3 is 93.7 Å². The Bertz CT molecular complexity index is 3200. The number of unbranched alkanes of at least 4 members (excludes halogenated alkanes) is 26. The first-order chi connectivity index (χ1) is 57.2. The zero-order valence-corrected chi connectivity index (χ0v) is 72.1. The quantitative estimate of drug-likeness (QED) is 0.0172. The van der Waals surface area contributed by atoms with Crippen molar-refractivity contribution in [1.29, 1.82) is 0 Å². The van der Waals surface area contributed by atoms with E-state index in [0.717, 1.165) is 49.0 Å². The molecule has 118 heavy (non-hydrogen) atoms. The van der Waals surface area contributed by atoms with Crippen LogP contribution in [0, 0.1) is 0 Å². The van der Waals surface area contributed by atoms with Gasteiger partial charge in [-0.25, -0.2) is 4.98 Å². The molecule has 1 aromatic carbocycles. The standard InChI is InChI=1S/C84H140N14O17S.C2H6/c1-3-5-7-9-11-13-15-17-19-21-23-25-30-44-75(104)114-57-64(115-76(105)45-31-26-24-22-20-18-16-14-12-10-8-6-4-2)58-116-59-65(87)77(106)89-54-73(101)92-69(52-74(102)103)84(113)98-49-37-43-72(98)82(111)93-66(40-32-34-46-85)78(107)95-68(51-62-53-88-60-90-62)83(112)97-48-36-42-71(97)81(110)94-67(41-33-35-47-86)79(108)96-70(56-100)80(109)91-63(55-99)50-61-38-28-27-29-39-61;1-2/h27-29,38-39,53,55,60,63-72,100H,3-26,30-37,40-52,54,56-59,85-87H2,1-2H3,(H,88,90)(H,89,106)(H,91,109)(H,92,101)(H,93,111)(H,94,110)(H,95,107)(H,96,108)(H,102,103);1-2H3/t63-,64?,65?,66-,67-,68-,69-,70?,71-,72-;/m0./s1. The zero-order chi connectivity index (χ0) is 86.5. The van der Waals surface area contributed by atoms with Crippen molar-refractivity contribution < 1.29 is 82.0 Å². The number of aromatic nitrogens is 2. The predicted octanol–water partition coefficient (Wildman–Crippen LogP) is 7.63. The molecule has 668 valence electrons. The molecule has 0 spiro atoms. The number of ether oxygens (including phenoxy) is 2. The second kappa shape index (κ2) is 64.8. The Hall–Kier alpha value is -8.07. The van der Waals surface area contributed by atoms with Crippen LogP contribution in [0.2, 0.25) is 0 Å². The molecule has 1 aromatic heterocycles. The molecule has 2 fully saturated rings. The van der Waals surface area contributed by atoms with E-state index in [1.54, 1.807) is 30.3 Å². The lowest BCUT2D eigenvalue weighted by Crippen LogP contribution is -2.60. The summed E-state index contributed by atoms with van der Waals surface area (Å²) < 4.78 is 11.5. The number of hydrogen-bond donors (Lipinski definition) is 13. The third kappa shape index (κ3) is 44.3. The van der Waals surface area contributed by atoms with Gasteiger partial charge in [0.2, 0.25) is 53.2 Å². The van der Waals surface area contributed by atoms with E-state index >= 15 is 0 Å². The maximum absolute atomic E-state index is 14.9. The number of carbonyl (C=O) groups excluding carboxylic acids is 12. The van der Waals surface area contributed by atoms with E-state index in [4.69, 9.17) is 26.7 Å². The van der Waals surface area contributed by atoms with Crippen LogP contribution in [0.15, 0.2) is 42.9 Å². The predicted molar refractivity (Wildman–Crippen MR) is 456 cm³/mol. The highest BCUT2D eigenvalue weighted by Gasteiger charge is 2.43. The van der Waals surface area contributed by atoms with Crippen LogP contribution in [0.1, 0.15) is 289 Å². The fourth-order valence-corrected chi connectivity index (χ4v) is 15.4. The molecule has 31 nitrogen and oxygen atoms in total. The molecule has 16 N–H and O–H groups in total. The minimum Gasteiger partial charge on any atom is -0.481 e. The maximum Gasteiger partial charge on any atom is 0.306 e. The number of aliphatic hydroxyl groups is 1. The summed E-state index contributed by atoms with van der Waals surface area (Å²) in [5.74, 6) is -9.47. The number of rotatable bonds is 67. The van der Waals surface area contributed by atoms with Gasteiger partial charge in [-0.3, -0.25) is 57.5 Å². The SMILES string of the molecule is CC.CCCCCCCCCCCCCCCC(=O)OCC(CSCC(N)C(=O)NCC(=O)N[C@@H](CC(=O)O)C(=O)N1CCC[C@H]1C(=O)N[C@@H](CCCCN)C(=O)N[C@@H](Cc1cnc[nH]1)C(=O)N1CCC[C@H]1C(=O)N[C@@H](CCCCN)C(=O)NC(CO)C(=O)N[C@H](C=O)Cc1ccccc1)OC(=O)CCCCCCCCCCCCCCC. The number of esters is 2. The molecule has 32 heteroatoms. The summed E-state index contributed by atoms with van der Waals surface area (Å²) in [7, 11) is 0. The van der Waals surface area contributed by atoms with Crippen molar-refractivity contribution in [1.82, 2.24) is 57.0 Å². The van der Waals surface area contributed by atoms with Crippen molar-refractivity contribution in [3.8, 4) is 0 Å². The van der Waals surface area contributed by atoms with Gasteiger partial charge in [0.15, 0.2) is 0 Å². The van der Waals surface area contributed by atoms with Gasteiger partial charge in [-0.2, -0.15) is 11.8 Å². The van der Waals surface area contributed by atoms with E-state index < -0.39 is 151 Å². The summed E-state index contributed by atoms with van der Waals surface area (Å²) in [6, 6.07) is -2.95. The van der Waals surface area contributed by atoms with Crippen molar-refractivity contribution in [2.75, 3.05) is 57.4 Å². The van der Waals surface area contributed by atoms with Gasteiger partial charge in [0.1, 0.15) is 61.3 Å². The number of amides is 9. The lowest BCUT2D eigenvalue weighted by molar-refractivity contribution is -0.157. The molecule has 0 aliphatic carbocycles. The highest BCUT2D eigenvalue weighted by atomic mass is 32.2. The molecule has 2 aliphatic rings. The minimum atomic E-state index is -1.72. The number of nitrogens with two attached hydrogens (primary N) is 3. The molecule has 4 rings (SSSR count). The Labute approximate surface area is 704 Å². The van der Waals surface area contributed by atoms with Crippen molar-refractivity contribution in [2.24, 2.45) is 17.2 Å². The number of carboxylic acid groups (broad SMARTS) is 1. The molecular formula is C86H146N14O17S. The first-order valence-electron chi connectivity index (χ1n) is 44.2. The Balaban J connectivity index is 0.0000179. The van der Waals surface area contributed by atoms with Gasteiger partial charge in [0.05, 0.1) is 38.0 Å². The number of nitrogens with zero attached hydrogens (tertiary/aromatic N) is 3. The van der Waals surface area contributed by atoms with Gasteiger partial charge in [-0.1, -0.05) is 212 Å². The van der Waals surface area contributed by atoms with Crippen molar-refractivity contribution in [2.45, 2.75) is 351 Å². The second-order valence-electron chi connectivity index (χ2n) is 31.0. The average molecular weight is 1680 g/mol. The molecule has 2 aliphatic heterocycles. The summed E-state index contributed by atoms with van der Waals surface area (Å²) in [4.78, 5) is 187. The van der Waals surface area contributed by atoms with Gasteiger partial charge in [0.25, 0.3) is 0 Å². The minimum absolute atomic E-state index is 0.00408. The fraction of sp³-hybridized carbons (Fsp3) is 0.744. The van der Waals surface area contributed by atoms with Crippen molar-refractivity contribution in [3.63, 3.8) is 0 Å². The molecule has 2 saturated heterocycles. The topological polar surface area (TPSA) is 478 Å². The zero-order valence-electron chi connectivity index (χ0n) is 71.2. The number of aliphatic carboxylic acids is 1. The summed E-state index contributed by atoms with van der Waals surface area (Å²) in [6.07, 6.45) is 34.7. The molecule has 0 bridgehead atoms. The molecular weight excluding hydrogens is 1530 g/mol. The smallest absolute Gasteiger partial charge is 0.306 e. The van der Waals surface area contributed by atoms with Gasteiger partial charge >= 0.3 is 17.9 Å². The number of imidazole rings is 1. The number of aromatic amines is 1. The maximum atomic E-state index is 14.9. The van der Waals surface area contributed by atoms with Crippen LogP contribution in [-0.2, 0) is 84.6 Å². The first-order valence-corrected chi connectivity index (χ1v) is 45.4. The summed E-state index contributed by atoms with van der Waals surface area (Å²) in [6.45, 7) is 7.21. The van der Waals surface area contributed by atoms with E-state index in [1.807, 2.05) is 13.8 Å². The highest BCUT2D eigenvalue weighted by molar-refractivity contribution is 7.99. The van der Waals surface area contributed by atoms with E-state index in [1.165, 1.54) is 145 Å². The summed E-state index contributed by atoms with van der Waals surface area (Å²) in [5.41, 5.74) is 19.1. The number of H-pyrrole nitrogens is 1. The number of likely N-dealkylation sites (tertiary alicyclic amines) is 2. The third-order valence-electron chi connectivity index (χ3n) is 21.1. The van der Waals surface area contributed by atoms with E-state index in [2.05, 4.69) is 61.0 Å². The Morgan fingerprint density at radius 2 is 1.03 bits per heavy atom. The van der Waals surface area contributed by atoms with Crippen molar-refractivity contribution in [3.05, 3.63) is 54.1 Å². The van der Waals surface area contributed by atoms with E-state index in [-0.39, 0.29) is 102 Å². The number of nitrogens with one attached hydrogen (secondary N) is 8. The number of benzene rings is 1. The lowest BCUT2D eigenvalue weighted by Gasteiger charge is -2.31. The molecule has 0 saturated carbocycles. The van der Waals surface area contributed by atoms with E-state index in [0.29, 0.717) is 56.9 Å². The van der Waals surface area contributed by atoms with Crippen LogP contribution >= 0.6 is 11.8 Å². The van der Waals surface area contributed by atoms with Crippen LogP contribution in [-0.4, -0.2) is 225 Å². The number of thioether (sulfide) groups is 1. The molecule has 10 atom stereocenters. The Morgan fingerprint density at radius 1 is 0.559 bits per heavy atom. The largest absolute Gasteiger partial charge is 0.481 e. The van der Waals surface area contributed by atoms with E-state index in [9.17, 15) is 72.5 Å². The van der Waals surface area contributed by atoms with Crippen LogP contribution in [0.3, 0.4) is 0 Å². The number of carbonyl (C=O) groups is 13. The number of carboxylic acids is 1. The van der Waals surface area contributed by atoms with Gasteiger partial charge in [0, 0.05) is 55.7 Å². The molecule has 9 amide bonds. The highest BCUT2D eigenvalue weighted by Crippen LogP contribution is 2.24. The van der Waals surface area contributed by atoms with Crippen LogP contribution < -0.4 is 54.4 Å². The number of aliphatic hydroxyl groups excluding tert-OH is 1. The average Bonchev–Trinajstić information content (AvgIpc) is 1.63. The number of hydrogen-bond acceptors (Lipinski definition) is 21. The van der Waals surface area contributed by atoms with Gasteiger partial charge in [-0.05, 0) is 102 Å². The summed E-state index contributed by atoms with van der Waals surface area (Å²) in [5, 5.41) is 38.4. The Morgan fingerprint density at radius 3 is 1.48 bits per heavy atom.